The van der Waals surface area contributed by atoms with Gasteiger partial charge in [0.1, 0.15) is 0 Å². The molecule has 1 aromatic heterocycles. The maximum atomic E-state index is 4.28. The Balaban J connectivity index is 2.84. The second-order valence-electron chi connectivity index (χ2n) is 3.13. The molecule has 12 heavy (non-hydrogen) atoms. The normalized spacial score (nSPS) is 10.5. The van der Waals surface area contributed by atoms with Gasteiger partial charge in [-0.3, -0.25) is 4.98 Å². The summed E-state index contributed by atoms with van der Waals surface area (Å²) in [5.74, 6) is 0. The summed E-state index contributed by atoms with van der Waals surface area (Å²) >= 11 is 0. The summed E-state index contributed by atoms with van der Waals surface area (Å²) in [4.78, 5) is 4.28. The van der Waals surface area contributed by atoms with Crippen molar-refractivity contribution in [3.05, 3.63) is 41.6 Å². The Labute approximate surface area is 72.1 Å². The molecular formula is C11H11N. The number of pyridine rings is 1. The Bertz CT molecular complexity index is 378. The highest BCUT2D eigenvalue weighted by molar-refractivity contribution is 5.79. The third-order valence-corrected chi connectivity index (χ3v) is 2.22. The number of rotatable bonds is 0. The van der Waals surface area contributed by atoms with Crippen molar-refractivity contribution in [1.29, 1.82) is 0 Å². The Morgan fingerprint density at radius 3 is 2.67 bits per heavy atom. The lowest BCUT2D eigenvalue weighted by molar-refractivity contribution is 1.33. The Kier molecular flexibility index (Phi) is 1.58. The van der Waals surface area contributed by atoms with E-state index in [1.165, 1.54) is 16.5 Å². The van der Waals surface area contributed by atoms with Gasteiger partial charge in [-0.2, -0.15) is 0 Å². The molecule has 1 aromatic carbocycles. The van der Waals surface area contributed by atoms with Crippen LogP contribution in [0.2, 0.25) is 0 Å². The van der Waals surface area contributed by atoms with Gasteiger partial charge in [0.05, 0.1) is 5.52 Å². The fourth-order valence-electron chi connectivity index (χ4n) is 1.34. The van der Waals surface area contributed by atoms with Gasteiger partial charge in [-0.15, -0.1) is 0 Å². The van der Waals surface area contributed by atoms with Crippen molar-refractivity contribution < 1.29 is 0 Å². The van der Waals surface area contributed by atoms with Crippen LogP contribution in [0, 0.1) is 13.8 Å². The Morgan fingerprint density at radius 2 is 1.83 bits per heavy atom. The molecule has 0 N–H and O–H groups in total. The first-order chi connectivity index (χ1) is 5.77. The zero-order chi connectivity index (χ0) is 8.55. The van der Waals surface area contributed by atoms with Crippen LogP contribution in [0.4, 0.5) is 0 Å². The van der Waals surface area contributed by atoms with Crippen molar-refractivity contribution in [3.63, 3.8) is 0 Å². The molecule has 0 atom stereocenters. The molecule has 0 saturated carbocycles. The van der Waals surface area contributed by atoms with E-state index in [-0.39, 0.29) is 0 Å². The molecule has 1 heteroatoms. The molecule has 0 saturated heterocycles. The number of hydrogen-bond acceptors (Lipinski definition) is 1. The average Bonchev–Trinajstić information content (AvgIpc) is 2.07. The van der Waals surface area contributed by atoms with Gasteiger partial charge in [0.2, 0.25) is 0 Å². The maximum Gasteiger partial charge on any atom is 0.0704 e. The lowest BCUT2D eigenvalue weighted by atomic mass is 10.1. The van der Waals surface area contributed by atoms with Crippen LogP contribution in [0.25, 0.3) is 10.9 Å². The van der Waals surface area contributed by atoms with Gasteiger partial charge in [0, 0.05) is 11.6 Å². The molecule has 0 aliphatic heterocycles. The smallest absolute Gasteiger partial charge is 0.0704 e. The molecular weight excluding hydrogens is 146 g/mol. The molecule has 2 rings (SSSR count). The van der Waals surface area contributed by atoms with Crippen LogP contribution in [0.3, 0.4) is 0 Å². The zero-order valence-corrected chi connectivity index (χ0v) is 7.33. The fourth-order valence-corrected chi connectivity index (χ4v) is 1.34. The Morgan fingerprint density at radius 1 is 1.08 bits per heavy atom. The second kappa shape index (κ2) is 2.59. The lowest BCUT2D eigenvalue weighted by Gasteiger charge is -2.01. The standard InChI is InChI=1S/C11H11N/c1-8-6-10-4-3-5-12-11(10)7-9(8)2/h3-7H,1-2H3. The van der Waals surface area contributed by atoms with Crippen LogP contribution in [0.15, 0.2) is 30.5 Å². The average molecular weight is 157 g/mol. The van der Waals surface area contributed by atoms with E-state index in [9.17, 15) is 0 Å². The highest BCUT2D eigenvalue weighted by Crippen LogP contribution is 2.16. The molecule has 1 nitrogen and oxygen atoms in total. The molecule has 0 aliphatic rings. The number of benzene rings is 1. The van der Waals surface area contributed by atoms with E-state index in [1.807, 2.05) is 12.3 Å². The number of nitrogens with zero attached hydrogens (tertiary/aromatic N) is 1. The minimum absolute atomic E-state index is 1.08. The van der Waals surface area contributed by atoms with Crippen molar-refractivity contribution in [2.24, 2.45) is 0 Å². The highest BCUT2D eigenvalue weighted by atomic mass is 14.6. The van der Waals surface area contributed by atoms with E-state index in [4.69, 9.17) is 0 Å². The van der Waals surface area contributed by atoms with Gasteiger partial charge in [0.15, 0.2) is 0 Å². The first-order valence-corrected chi connectivity index (χ1v) is 4.09. The van der Waals surface area contributed by atoms with E-state index in [0.717, 1.165) is 5.52 Å². The Hall–Kier alpha value is -1.37. The third-order valence-electron chi connectivity index (χ3n) is 2.22. The molecule has 0 aliphatic carbocycles. The molecule has 2 aromatic rings. The number of aromatic nitrogens is 1. The monoisotopic (exact) mass is 157 g/mol. The summed E-state index contributed by atoms with van der Waals surface area (Å²) < 4.78 is 0. The van der Waals surface area contributed by atoms with Gasteiger partial charge in [0.25, 0.3) is 0 Å². The summed E-state index contributed by atoms with van der Waals surface area (Å²) in [6.45, 7) is 4.24. The van der Waals surface area contributed by atoms with Gasteiger partial charge in [-0.05, 0) is 43.2 Å². The molecule has 1 heterocycles. The van der Waals surface area contributed by atoms with E-state index >= 15 is 0 Å². The van der Waals surface area contributed by atoms with E-state index in [2.05, 4.69) is 37.0 Å². The summed E-state index contributed by atoms with van der Waals surface area (Å²) in [5, 5.41) is 1.22. The van der Waals surface area contributed by atoms with Gasteiger partial charge in [-0.25, -0.2) is 0 Å². The molecule has 0 bridgehead atoms. The van der Waals surface area contributed by atoms with Crippen molar-refractivity contribution in [3.8, 4) is 0 Å². The fraction of sp³-hybridized carbons (Fsp3) is 0.182. The minimum atomic E-state index is 1.08. The molecule has 0 amide bonds. The van der Waals surface area contributed by atoms with Gasteiger partial charge < -0.3 is 0 Å². The van der Waals surface area contributed by atoms with Crippen LogP contribution in [0.1, 0.15) is 11.1 Å². The lowest BCUT2D eigenvalue weighted by Crippen LogP contribution is -1.83. The predicted octanol–water partition coefficient (Wildman–Crippen LogP) is 2.85. The minimum Gasteiger partial charge on any atom is -0.256 e. The topological polar surface area (TPSA) is 12.9 Å². The van der Waals surface area contributed by atoms with Crippen molar-refractivity contribution in [2.45, 2.75) is 13.8 Å². The maximum absolute atomic E-state index is 4.28. The van der Waals surface area contributed by atoms with E-state index in [1.54, 1.807) is 0 Å². The second-order valence-corrected chi connectivity index (χ2v) is 3.13. The summed E-state index contributed by atoms with van der Waals surface area (Å²) in [5.41, 5.74) is 3.72. The third kappa shape index (κ3) is 1.07. The van der Waals surface area contributed by atoms with Crippen molar-refractivity contribution >= 4 is 10.9 Å². The molecule has 0 radical (unpaired) electrons. The first kappa shape index (κ1) is 7.29. The molecule has 0 spiro atoms. The van der Waals surface area contributed by atoms with Gasteiger partial charge >= 0.3 is 0 Å². The summed E-state index contributed by atoms with van der Waals surface area (Å²) in [6, 6.07) is 8.37. The number of hydrogen-bond donors (Lipinski definition) is 0. The molecule has 60 valence electrons. The van der Waals surface area contributed by atoms with Crippen molar-refractivity contribution in [2.75, 3.05) is 0 Å². The summed E-state index contributed by atoms with van der Waals surface area (Å²) in [6.07, 6.45) is 1.83. The van der Waals surface area contributed by atoms with E-state index in [0.29, 0.717) is 0 Å². The van der Waals surface area contributed by atoms with Crippen molar-refractivity contribution in [1.82, 2.24) is 4.98 Å². The number of aryl methyl sites for hydroxylation is 2. The van der Waals surface area contributed by atoms with E-state index < -0.39 is 0 Å². The van der Waals surface area contributed by atoms with Crippen LogP contribution >= 0.6 is 0 Å². The van der Waals surface area contributed by atoms with Crippen LogP contribution < -0.4 is 0 Å². The predicted molar refractivity (Wildman–Crippen MR) is 51.2 cm³/mol. The molecule has 0 fully saturated rings. The van der Waals surface area contributed by atoms with Crippen LogP contribution in [-0.4, -0.2) is 4.98 Å². The SMILES string of the molecule is Cc1cc2cccnc2cc1C. The molecule has 0 unspecified atom stereocenters. The van der Waals surface area contributed by atoms with Crippen LogP contribution in [-0.2, 0) is 0 Å². The summed E-state index contributed by atoms with van der Waals surface area (Å²) in [7, 11) is 0. The van der Waals surface area contributed by atoms with Gasteiger partial charge in [-0.1, -0.05) is 6.07 Å². The zero-order valence-electron chi connectivity index (χ0n) is 7.33. The largest absolute Gasteiger partial charge is 0.256 e. The highest BCUT2D eigenvalue weighted by Gasteiger charge is 1.96. The number of fused-ring (bicyclic) bond motifs is 1. The first-order valence-electron chi connectivity index (χ1n) is 4.09. The quantitative estimate of drug-likeness (QED) is 0.573. The van der Waals surface area contributed by atoms with Crippen LogP contribution in [0.5, 0.6) is 0 Å².